The van der Waals surface area contributed by atoms with Crippen molar-refractivity contribution in [1.82, 2.24) is 5.32 Å². The molecule has 1 nitrogen and oxygen atoms in total. The predicted octanol–water partition coefficient (Wildman–Crippen LogP) is 5.23. The Morgan fingerprint density at radius 1 is 1.30 bits per heavy atom. The van der Waals surface area contributed by atoms with E-state index >= 15 is 0 Å². The summed E-state index contributed by atoms with van der Waals surface area (Å²) in [5.74, 6) is 3.02. The van der Waals surface area contributed by atoms with Crippen LogP contribution in [0.5, 0.6) is 0 Å². The van der Waals surface area contributed by atoms with Gasteiger partial charge in [0, 0.05) is 10.5 Å². The first-order chi connectivity index (χ1) is 9.67. The molecule has 3 rings (SSSR count). The summed E-state index contributed by atoms with van der Waals surface area (Å²) in [5.41, 5.74) is 2.81. The average molecular weight is 336 g/mol. The Bertz CT molecular complexity index is 470. The highest BCUT2D eigenvalue weighted by Crippen LogP contribution is 2.51. The van der Waals surface area contributed by atoms with Crippen LogP contribution in [-0.2, 0) is 0 Å². The molecule has 2 bridgehead atoms. The van der Waals surface area contributed by atoms with Crippen LogP contribution in [0.2, 0.25) is 0 Å². The molecule has 0 saturated heterocycles. The molecule has 1 N–H and O–H groups in total. The molecule has 0 spiro atoms. The number of benzene rings is 1. The fraction of sp³-hybridized carbons (Fsp3) is 0.667. The second kappa shape index (κ2) is 6.19. The molecule has 110 valence electrons. The molecule has 4 unspecified atom stereocenters. The van der Waals surface area contributed by atoms with Crippen LogP contribution in [0.15, 0.2) is 22.7 Å². The average Bonchev–Trinajstić information content (AvgIpc) is 3.03. The van der Waals surface area contributed by atoms with Crippen molar-refractivity contribution < 1.29 is 0 Å². The normalized spacial score (nSPS) is 29.9. The fourth-order valence-corrected chi connectivity index (χ4v) is 4.99. The second-order valence-corrected chi connectivity index (χ2v) is 7.66. The maximum atomic E-state index is 3.75. The van der Waals surface area contributed by atoms with E-state index in [4.69, 9.17) is 0 Å². The summed E-state index contributed by atoms with van der Waals surface area (Å²) in [6.07, 6.45) is 7.30. The number of nitrogens with one attached hydrogen (secondary N) is 1. The number of aryl methyl sites for hydroxylation is 1. The molecule has 2 heteroatoms. The third-order valence-electron chi connectivity index (χ3n) is 5.40. The van der Waals surface area contributed by atoms with Gasteiger partial charge >= 0.3 is 0 Å². The third-order valence-corrected chi connectivity index (χ3v) is 6.12. The van der Waals surface area contributed by atoms with E-state index in [1.54, 1.807) is 0 Å². The van der Waals surface area contributed by atoms with Crippen molar-refractivity contribution in [2.45, 2.75) is 52.0 Å². The van der Waals surface area contributed by atoms with Gasteiger partial charge < -0.3 is 5.32 Å². The lowest BCUT2D eigenvalue weighted by Crippen LogP contribution is -2.25. The lowest BCUT2D eigenvalue weighted by Gasteiger charge is -2.28. The lowest BCUT2D eigenvalue weighted by molar-refractivity contribution is 0.280. The summed E-state index contributed by atoms with van der Waals surface area (Å²) in [6.45, 7) is 5.46. The van der Waals surface area contributed by atoms with Crippen LogP contribution >= 0.6 is 15.9 Å². The van der Waals surface area contributed by atoms with Gasteiger partial charge in [-0.3, -0.25) is 0 Å². The quantitative estimate of drug-likeness (QED) is 0.776. The molecule has 0 aliphatic heterocycles. The van der Waals surface area contributed by atoms with Crippen LogP contribution < -0.4 is 5.32 Å². The minimum absolute atomic E-state index is 0.513. The van der Waals surface area contributed by atoms with Crippen molar-refractivity contribution in [1.29, 1.82) is 0 Å². The SMILES string of the molecule is CCNC(CC1CC2CCC1C2)c1cc(C)ccc1Br. The Kier molecular flexibility index (Phi) is 4.52. The Balaban J connectivity index is 1.76. The minimum atomic E-state index is 0.513. The number of hydrogen-bond donors (Lipinski definition) is 1. The monoisotopic (exact) mass is 335 g/mol. The van der Waals surface area contributed by atoms with Crippen molar-refractivity contribution in [3.63, 3.8) is 0 Å². The topological polar surface area (TPSA) is 12.0 Å². The van der Waals surface area contributed by atoms with E-state index < -0.39 is 0 Å². The van der Waals surface area contributed by atoms with Crippen LogP contribution in [0.1, 0.15) is 56.2 Å². The van der Waals surface area contributed by atoms with Crippen molar-refractivity contribution in [2.24, 2.45) is 17.8 Å². The predicted molar refractivity (Wildman–Crippen MR) is 88.9 cm³/mol. The molecule has 1 aromatic rings. The van der Waals surface area contributed by atoms with Gasteiger partial charge in [0.15, 0.2) is 0 Å². The highest BCUT2D eigenvalue weighted by molar-refractivity contribution is 9.10. The molecule has 4 atom stereocenters. The maximum Gasteiger partial charge on any atom is 0.0334 e. The molecule has 2 aliphatic rings. The molecule has 2 aliphatic carbocycles. The molecule has 20 heavy (non-hydrogen) atoms. The zero-order valence-electron chi connectivity index (χ0n) is 12.7. The molecule has 1 aromatic carbocycles. The highest BCUT2D eigenvalue weighted by atomic mass is 79.9. The first-order valence-corrected chi connectivity index (χ1v) is 8.96. The summed E-state index contributed by atoms with van der Waals surface area (Å²) in [5, 5.41) is 3.72. The number of rotatable bonds is 5. The van der Waals surface area contributed by atoms with E-state index in [0.717, 1.165) is 24.3 Å². The molecule has 0 amide bonds. The van der Waals surface area contributed by atoms with Gasteiger partial charge in [-0.05, 0) is 68.5 Å². The van der Waals surface area contributed by atoms with E-state index in [2.05, 4.69) is 53.3 Å². The molecule has 0 radical (unpaired) electrons. The van der Waals surface area contributed by atoms with Gasteiger partial charge in [0.1, 0.15) is 0 Å². The van der Waals surface area contributed by atoms with Gasteiger partial charge in [0.25, 0.3) is 0 Å². The Hall–Kier alpha value is -0.340. The van der Waals surface area contributed by atoms with Crippen LogP contribution in [0.25, 0.3) is 0 Å². The van der Waals surface area contributed by atoms with Crippen molar-refractivity contribution >= 4 is 15.9 Å². The molecule has 2 saturated carbocycles. The summed E-state index contributed by atoms with van der Waals surface area (Å²) < 4.78 is 1.26. The Morgan fingerprint density at radius 3 is 2.80 bits per heavy atom. The molecule has 0 heterocycles. The van der Waals surface area contributed by atoms with Crippen molar-refractivity contribution in [3.05, 3.63) is 33.8 Å². The summed E-state index contributed by atoms with van der Waals surface area (Å²) in [7, 11) is 0. The maximum absolute atomic E-state index is 3.75. The second-order valence-electron chi connectivity index (χ2n) is 6.81. The van der Waals surface area contributed by atoms with E-state index in [0.29, 0.717) is 6.04 Å². The zero-order chi connectivity index (χ0) is 14.1. The van der Waals surface area contributed by atoms with E-state index in [1.807, 2.05) is 0 Å². The minimum Gasteiger partial charge on any atom is -0.310 e. The summed E-state index contributed by atoms with van der Waals surface area (Å²) in [4.78, 5) is 0. The largest absolute Gasteiger partial charge is 0.310 e. The van der Waals surface area contributed by atoms with Crippen molar-refractivity contribution in [2.75, 3.05) is 6.54 Å². The molecule has 2 fully saturated rings. The van der Waals surface area contributed by atoms with Crippen LogP contribution in [-0.4, -0.2) is 6.54 Å². The standard InChI is InChI=1S/C18H26BrN/c1-3-20-18(16-8-12(2)4-7-17(16)19)11-15-10-13-5-6-14(15)9-13/h4,7-8,13-15,18,20H,3,5-6,9-11H2,1-2H3. The van der Waals surface area contributed by atoms with Crippen LogP contribution in [0.4, 0.5) is 0 Å². The molecule has 0 aromatic heterocycles. The first kappa shape index (κ1) is 14.6. The summed E-state index contributed by atoms with van der Waals surface area (Å²) in [6, 6.07) is 7.26. The Morgan fingerprint density at radius 2 is 2.15 bits per heavy atom. The van der Waals surface area contributed by atoms with Gasteiger partial charge in [-0.25, -0.2) is 0 Å². The first-order valence-electron chi connectivity index (χ1n) is 8.16. The molecular formula is C18H26BrN. The number of fused-ring (bicyclic) bond motifs is 2. The lowest BCUT2D eigenvalue weighted by atomic mass is 9.82. The van der Waals surface area contributed by atoms with E-state index in [-0.39, 0.29) is 0 Å². The van der Waals surface area contributed by atoms with Gasteiger partial charge in [-0.2, -0.15) is 0 Å². The highest BCUT2D eigenvalue weighted by Gasteiger charge is 2.40. The smallest absolute Gasteiger partial charge is 0.0334 e. The van der Waals surface area contributed by atoms with Gasteiger partial charge in [-0.15, -0.1) is 0 Å². The number of hydrogen-bond acceptors (Lipinski definition) is 1. The zero-order valence-corrected chi connectivity index (χ0v) is 14.2. The van der Waals surface area contributed by atoms with E-state index in [9.17, 15) is 0 Å². The third kappa shape index (κ3) is 2.96. The summed E-state index contributed by atoms with van der Waals surface area (Å²) >= 11 is 3.75. The van der Waals surface area contributed by atoms with Crippen LogP contribution in [0, 0.1) is 24.7 Å². The van der Waals surface area contributed by atoms with Crippen molar-refractivity contribution in [3.8, 4) is 0 Å². The van der Waals surface area contributed by atoms with Gasteiger partial charge in [-0.1, -0.05) is 47.0 Å². The molecular weight excluding hydrogens is 310 g/mol. The van der Waals surface area contributed by atoms with E-state index in [1.165, 1.54) is 47.7 Å². The number of halogens is 1. The van der Waals surface area contributed by atoms with Gasteiger partial charge in [0.05, 0.1) is 0 Å². The fourth-order valence-electron chi connectivity index (χ4n) is 4.46. The van der Waals surface area contributed by atoms with Crippen LogP contribution in [0.3, 0.4) is 0 Å². The Labute approximate surface area is 131 Å². The van der Waals surface area contributed by atoms with Gasteiger partial charge in [0.2, 0.25) is 0 Å².